The van der Waals surface area contributed by atoms with E-state index in [-0.39, 0.29) is 11.8 Å². The molecule has 0 aliphatic heterocycles. The zero-order chi connectivity index (χ0) is 13.5. The van der Waals surface area contributed by atoms with Crippen LogP contribution in [0.15, 0.2) is 0 Å². The van der Waals surface area contributed by atoms with Crippen molar-refractivity contribution in [2.75, 3.05) is 6.54 Å². The molecule has 18 heavy (non-hydrogen) atoms. The molecular weight excluding hydrogens is 290 g/mol. The van der Waals surface area contributed by atoms with Crippen LogP contribution in [0, 0.1) is 17.8 Å². The number of hydrogen-bond acceptors (Lipinski definition) is 1. The molecule has 0 saturated heterocycles. The second-order valence-electron chi connectivity index (χ2n) is 5.79. The lowest BCUT2D eigenvalue weighted by Crippen LogP contribution is -2.38. The number of hydrogen-bond donors (Lipinski definition) is 1. The highest BCUT2D eigenvalue weighted by Crippen LogP contribution is 2.28. The van der Waals surface area contributed by atoms with Gasteiger partial charge in [-0.15, -0.1) is 0 Å². The van der Waals surface area contributed by atoms with Crippen molar-refractivity contribution in [3.8, 4) is 0 Å². The van der Waals surface area contributed by atoms with Gasteiger partial charge in [-0.3, -0.25) is 4.79 Å². The van der Waals surface area contributed by atoms with E-state index in [1.54, 1.807) is 0 Å². The summed E-state index contributed by atoms with van der Waals surface area (Å²) in [6.07, 6.45) is 6.91. The summed E-state index contributed by atoms with van der Waals surface area (Å²) in [6.45, 7) is 7.49. The fourth-order valence-electron chi connectivity index (χ4n) is 2.83. The van der Waals surface area contributed by atoms with Crippen LogP contribution in [0.5, 0.6) is 0 Å². The van der Waals surface area contributed by atoms with E-state index in [1.807, 2.05) is 0 Å². The first kappa shape index (κ1) is 16.0. The van der Waals surface area contributed by atoms with Gasteiger partial charge in [0.05, 0.1) is 0 Å². The minimum Gasteiger partial charge on any atom is -0.355 e. The Labute approximate surface area is 120 Å². The summed E-state index contributed by atoms with van der Waals surface area (Å²) in [5, 5.41) is 3.13. The van der Waals surface area contributed by atoms with Crippen LogP contribution < -0.4 is 5.32 Å². The first-order valence-electron chi connectivity index (χ1n) is 7.50. The second-order valence-corrected chi connectivity index (χ2v) is 6.97. The molecule has 1 atom stereocenters. The maximum absolute atomic E-state index is 12.1. The first-order valence-corrected chi connectivity index (χ1v) is 8.41. The van der Waals surface area contributed by atoms with Crippen LogP contribution in [0.2, 0.25) is 0 Å². The fraction of sp³-hybridized carbons (Fsp3) is 0.933. The summed E-state index contributed by atoms with van der Waals surface area (Å²) in [6, 6.07) is 0. The standard InChI is InChI=1S/C15H28BrNO/c1-4-12(5-2)14(16)10-17-15(18)13-8-6-11(3)7-9-13/h11-14H,4-10H2,1-3H3,(H,17,18). The second kappa shape index (κ2) is 8.19. The van der Waals surface area contributed by atoms with Crippen molar-refractivity contribution < 1.29 is 4.79 Å². The molecule has 1 saturated carbocycles. The minimum absolute atomic E-state index is 0.266. The van der Waals surface area contributed by atoms with E-state index in [0.717, 1.165) is 25.3 Å². The molecule has 0 aromatic carbocycles. The SMILES string of the molecule is CCC(CC)C(Br)CNC(=O)C1CCC(C)CC1. The molecule has 1 unspecified atom stereocenters. The molecular formula is C15H28BrNO. The van der Waals surface area contributed by atoms with E-state index in [2.05, 4.69) is 42.0 Å². The normalized spacial score (nSPS) is 26.1. The van der Waals surface area contributed by atoms with E-state index < -0.39 is 0 Å². The van der Waals surface area contributed by atoms with Crippen LogP contribution in [0.1, 0.15) is 59.3 Å². The highest BCUT2D eigenvalue weighted by Gasteiger charge is 2.25. The molecule has 1 N–H and O–H groups in total. The molecule has 1 aliphatic carbocycles. The topological polar surface area (TPSA) is 29.1 Å². The molecule has 1 rings (SSSR count). The number of alkyl halides is 1. The Balaban J connectivity index is 2.28. The van der Waals surface area contributed by atoms with Gasteiger partial charge in [0.25, 0.3) is 0 Å². The lowest BCUT2D eigenvalue weighted by atomic mass is 9.82. The summed E-state index contributed by atoms with van der Waals surface area (Å²) in [4.78, 5) is 12.5. The van der Waals surface area contributed by atoms with Crippen LogP contribution in [-0.4, -0.2) is 17.3 Å². The molecule has 3 heteroatoms. The maximum atomic E-state index is 12.1. The average Bonchev–Trinajstić information content (AvgIpc) is 2.38. The van der Waals surface area contributed by atoms with Gasteiger partial charge in [-0.2, -0.15) is 0 Å². The van der Waals surface area contributed by atoms with E-state index in [9.17, 15) is 4.79 Å². The van der Waals surface area contributed by atoms with E-state index in [1.165, 1.54) is 25.7 Å². The third kappa shape index (κ3) is 4.91. The van der Waals surface area contributed by atoms with Crippen molar-refractivity contribution >= 4 is 21.8 Å². The Bertz CT molecular complexity index is 245. The summed E-state index contributed by atoms with van der Waals surface area (Å²) < 4.78 is 0. The molecule has 0 aromatic rings. The van der Waals surface area contributed by atoms with Gasteiger partial charge in [-0.25, -0.2) is 0 Å². The molecule has 106 valence electrons. The Morgan fingerprint density at radius 2 is 1.78 bits per heavy atom. The number of amides is 1. The Kier molecular flexibility index (Phi) is 7.28. The smallest absolute Gasteiger partial charge is 0.223 e. The molecule has 0 heterocycles. The maximum Gasteiger partial charge on any atom is 0.223 e. The van der Waals surface area contributed by atoms with E-state index in [4.69, 9.17) is 0 Å². The zero-order valence-electron chi connectivity index (χ0n) is 12.0. The van der Waals surface area contributed by atoms with Gasteiger partial charge in [-0.1, -0.05) is 49.5 Å². The molecule has 1 amide bonds. The zero-order valence-corrected chi connectivity index (χ0v) is 13.6. The van der Waals surface area contributed by atoms with Crippen molar-refractivity contribution in [3.05, 3.63) is 0 Å². The van der Waals surface area contributed by atoms with Crippen molar-refractivity contribution in [2.45, 2.75) is 64.1 Å². The predicted molar refractivity (Wildman–Crippen MR) is 80.9 cm³/mol. The average molecular weight is 318 g/mol. The van der Waals surface area contributed by atoms with Crippen molar-refractivity contribution in [3.63, 3.8) is 0 Å². The number of carbonyl (C=O) groups is 1. The summed E-state index contributed by atoms with van der Waals surface area (Å²) >= 11 is 3.71. The van der Waals surface area contributed by atoms with Crippen LogP contribution in [0.3, 0.4) is 0 Å². The molecule has 0 spiro atoms. The van der Waals surface area contributed by atoms with Crippen LogP contribution in [0.4, 0.5) is 0 Å². The van der Waals surface area contributed by atoms with E-state index >= 15 is 0 Å². The number of nitrogens with one attached hydrogen (secondary N) is 1. The van der Waals surface area contributed by atoms with Gasteiger partial charge < -0.3 is 5.32 Å². The van der Waals surface area contributed by atoms with Gasteiger partial charge in [0.2, 0.25) is 5.91 Å². The van der Waals surface area contributed by atoms with Gasteiger partial charge in [-0.05, 0) is 37.5 Å². The monoisotopic (exact) mass is 317 g/mol. The third-order valence-corrected chi connectivity index (χ3v) is 5.49. The van der Waals surface area contributed by atoms with E-state index in [0.29, 0.717) is 10.7 Å². The summed E-state index contributed by atoms with van der Waals surface area (Å²) in [5.74, 6) is 2.01. The van der Waals surface area contributed by atoms with Gasteiger partial charge >= 0.3 is 0 Å². The number of halogens is 1. The van der Waals surface area contributed by atoms with Crippen molar-refractivity contribution in [1.29, 1.82) is 0 Å². The highest BCUT2D eigenvalue weighted by atomic mass is 79.9. The van der Waals surface area contributed by atoms with Gasteiger partial charge in [0.15, 0.2) is 0 Å². The van der Waals surface area contributed by atoms with Gasteiger partial charge in [0.1, 0.15) is 0 Å². The first-order chi connectivity index (χ1) is 8.58. The predicted octanol–water partition coefficient (Wildman–Crippen LogP) is 4.13. The summed E-state index contributed by atoms with van der Waals surface area (Å²) in [7, 11) is 0. The molecule has 1 fully saturated rings. The van der Waals surface area contributed by atoms with Crippen molar-refractivity contribution in [2.24, 2.45) is 17.8 Å². The third-order valence-electron chi connectivity index (χ3n) is 4.42. The summed E-state index contributed by atoms with van der Waals surface area (Å²) in [5.41, 5.74) is 0. The Hall–Kier alpha value is -0.0500. The number of carbonyl (C=O) groups excluding carboxylic acids is 1. The highest BCUT2D eigenvalue weighted by molar-refractivity contribution is 9.09. The molecule has 0 radical (unpaired) electrons. The van der Waals surface area contributed by atoms with Crippen LogP contribution >= 0.6 is 15.9 Å². The van der Waals surface area contributed by atoms with Crippen molar-refractivity contribution in [1.82, 2.24) is 5.32 Å². The van der Waals surface area contributed by atoms with Crippen LogP contribution in [0.25, 0.3) is 0 Å². The number of rotatable bonds is 6. The molecule has 0 bridgehead atoms. The molecule has 2 nitrogen and oxygen atoms in total. The lowest BCUT2D eigenvalue weighted by molar-refractivity contribution is -0.126. The fourth-order valence-corrected chi connectivity index (χ4v) is 3.74. The largest absolute Gasteiger partial charge is 0.355 e. The minimum atomic E-state index is 0.266. The lowest BCUT2D eigenvalue weighted by Gasteiger charge is -2.26. The van der Waals surface area contributed by atoms with Crippen LogP contribution in [-0.2, 0) is 4.79 Å². The quantitative estimate of drug-likeness (QED) is 0.733. The Morgan fingerprint density at radius 1 is 1.22 bits per heavy atom. The molecule has 1 aliphatic rings. The van der Waals surface area contributed by atoms with Gasteiger partial charge in [0, 0.05) is 17.3 Å². The Morgan fingerprint density at radius 3 is 2.28 bits per heavy atom. The molecule has 0 aromatic heterocycles.